The van der Waals surface area contributed by atoms with Gasteiger partial charge in [-0.05, 0) is 96.6 Å². The molecule has 13 rings (SSSR count). The van der Waals surface area contributed by atoms with Crippen LogP contribution in [0.2, 0.25) is 0 Å². The van der Waals surface area contributed by atoms with Crippen molar-refractivity contribution in [2.45, 2.75) is 12.8 Å². The molecule has 0 unspecified atom stereocenters. The highest BCUT2D eigenvalue weighted by molar-refractivity contribution is 6.20. The molecule has 0 radical (unpaired) electrons. The molecule has 12 aromatic rings. The first kappa shape index (κ1) is 34.6. The quantitative estimate of drug-likeness (QED) is 0.168. The van der Waals surface area contributed by atoms with Gasteiger partial charge in [0.05, 0.1) is 33.7 Å². The number of nitrogens with zero attached hydrogens (tertiary/aromatic N) is 2. The van der Waals surface area contributed by atoms with Crippen LogP contribution in [0, 0.1) is 12.1 Å². The van der Waals surface area contributed by atoms with Crippen LogP contribution in [0.25, 0.3) is 99.6 Å². The topological polar surface area (TPSA) is 34.5 Å². The van der Waals surface area contributed by atoms with Crippen LogP contribution in [-0.2, 0) is 6.42 Å². The van der Waals surface area contributed by atoms with Crippen LogP contribution in [0.15, 0.2) is 197 Å². The van der Waals surface area contributed by atoms with E-state index in [-0.39, 0.29) is 0 Å². The molecule has 9 aromatic carbocycles. The van der Waals surface area contributed by atoms with Crippen LogP contribution < -0.4 is 4.90 Å². The minimum atomic E-state index is 0.826. The van der Waals surface area contributed by atoms with Gasteiger partial charge in [0.15, 0.2) is 0 Å². The smallest absolute Gasteiger partial charge is 0.143 e. The lowest BCUT2D eigenvalue weighted by Crippen LogP contribution is -2.11. The van der Waals surface area contributed by atoms with Crippen LogP contribution in [0.1, 0.15) is 17.7 Å². The lowest BCUT2D eigenvalue weighted by molar-refractivity contribution is 0.669. The van der Waals surface area contributed by atoms with E-state index in [1.807, 2.05) is 12.1 Å². The molecule has 4 nitrogen and oxygen atoms in total. The molecule has 0 saturated carbocycles. The summed E-state index contributed by atoms with van der Waals surface area (Å²) in [5.74, 6) is 0. The van der Waals surface area contributed by atoms with Crippen LogP contribution in [0.4, 0.5) is 17.1 Å². The average molecular weight is 793 g/mol. The molecule has 0 spiro atoms. The maximum absolute atomic E-state index is 6.75. The fraction of sp³-hybridized carbons (Fsp3) is 0.0345. The summed E-state index contributed by atoms with van der Waals surface area (Å²) in [6, 6.07) is 71.8. The van der Waals surface area contributed by atoms with Crippen molar-refractivity contribution in [1.82, 2.24) is 4.57 Å². The largest absolute Gasteiger partial charge is 0.456 e. The molecule has 3 heterocycles. The van der Waals surface area contributed by atoms with E-state index < -0.39 is 0 Å². The third-order valence-electron chi connectivity index (χ3n) is 12.7. The average Bonchev–Trinajstić information content (AvgIpc) is 4.02. The van der Waals surface area contributed by atoms with Gasteiger partial charge in [0.2, 0.25) is 0 Å². The standard InChI is InChI=1S/C58H36N2O2/c1-2-17-43-37(14-1)30-35-48-57-53(25-13-27-55(57)62-58(43)48)59(49-21-8-4-16-42(49)39-31-34-47-46-20-7-12-26-54(46)61-56(47)36-39)40-32-28-38(29-33-40)41-15-3-9-22-50(41)60-51-23-10-5-18-44(51)45-19-6-11-24-52(45)60/h1-10,12-23,25-28,30-32,34-36H,11,24H2. The summed E-state index contributed by atoms with van der Waals surface area (Å²) in [4.78, 5) is 2.32. The van der Waals surface area contributed by atoms with Gasteiger partial charge in [0.25, 0.3) is 0 Å². The van der Waals surface area contributed by atoms with E-state index in [1.54, 1.807) is 0 Å². The monoisotopic (exact) mass is 792 g/mol. The molecule has 0 saturated heterocycles. The molecule has 0 amide bonds. The Bertz CT molecular complexity index is 3770. The van der Waals surface area contributed by atoms with Crippen molar-refractivity contribution in [3.63, 3.8) is 0 Å². The van der Waals surface area contributed by atoms with Gasteiger partial charge in [-0.15, -0.1) is 0 Å². The second-order valence-electron chi connectivity index (χ2n) is 16.1. The van der Waals surface area contributed by atoms with Gasteiger partial charge >= 0.3 is 0 Å². The fourth-order valence-electron chi connectivity index (χ4n) is 9.92. The molecular weight excluding hydrogens is 757 g/mol. The van der Waals surface area contributed by atoms with E-state index >= 15 is 0 Å². The summed E-state index contributed by atoms with van der Waals surface area (Å²) in [7, 11) is 0. The van der Waals surface area contributed by atoms with Crippen LogP contribution in [0.5, 0.6) is 0 Å². The van der Waals surface area contributed by atoms with Crippen LogP contribution >= 0.6 is 0 Å². The van der Waals surface area contributed by atoms with Crippen molar-refractivity contribution in [1.29, 1.82) is 0 Å². The van der Waals surface area contributed by atoms with Crippen molar-refractivity contribution in [3.05, 3.63) is 211 Å². The summed E-state index contributed by atoms with van der Waals surface area (Å²) in [6.07, 6.45) is 6.61. The SMILES string of the molecule is c1c(-c2ccccc2-n2c3c(c4ccccc42)C=CCC3)ccc(N(c2ccccc2-c2ccc3c(c2)oc2ccccc23)c2cccc3oc4c5ccccc5ccc4c23)c#1. The van der Waals surface area contributed by atoms with E-state index in [0.29, 0.717) is 0 Å². The Balaban J connectivity index is 1.01. The normalized spacial score (nSPS) is 12.5. The number of furan rings is 2. The second kappa shape index (κ2) is 13.6. The molecule has 0 N–H and O–H groups in total. The van der Waals surface area contributed by atoms with E-state index in [9.17, 15) is 0 Å². The lowest BCUT2D eigenvalue weighted by atomic mass is 9.99. The lowest BCUT2D eigenvalue weighted by Gasteiger charge is -2.27. The maximum Gasteiger partial charge on any atom is 0.143 e. The van der Waals surface area contributed by atoms with Crippen molar-refractivity contribution < 1.29 is 8.83 Å². The van der Waals surface area contributed by atoms with Gasteiger partial charge in [-0.3, -0.25) is 0 Å². The molecule has 4 heteroatoms. The number of para-hydroxylation sites is 4. The summed E-state index contributed by atoms with van der Waals surface area (Å²) in [6.45, 7) is 0. The van der Waals surface area contributed by atoms with Crippen molar-refractivity contribution >= 4 is 88.7 Å². The summed E-state index contributed by atoms with van der Waals surface area (Å²) >= 11 is 0. The zero-order chi connectivity index (χ0) is 40.7. The third kappa shape index (κ3) is 5.22. The van der Waals surface area contributed by atoms with Crippen molar-refractivity contribution in [2.24, 2.45) is 0 Å². The molecular formula is C58H36N2O2. The zero-order valence-electron chi connectivity index (χ0n) is 33.6. The summed E-state index contributed by atoms with van der Waals surface area (Å²) in [5, 5.41) is 7.83. The van der Waals surface area contributed by atoms with Gasteiger partial charge in [0, 0.05) is 54.9 Å². The fourth-order valence-corrected chi connectivity index (χ4v) is 9.92. The number of anilines is 3. The Labute approximate surface area is 357 Å². The molecule has 3 aromatic heterocycles. The Kier molecular flexibility index (Phi) is 7.61. The van der Waals surface area contributed by atoms with E-state index in [4.69, 9.17) is 8.83 Å². The third-order valence-corrected chi connectivity index (χ3v) is 12.7. The molecule has 1 aliphatic carbocycles. The van der Waals surface area contributed by atoms with Crippen molar-refractivity contribution in [3.8, 4) is 27.9 Å². The highest BCUT2D eigenvalue weighted by Crippen LogP contribution is 2.47. The molecule has 0 atom stereocenters. The van der Waals surface area contributed by atoms with Crippen molar-refractivity contribution in [2.75, 3.05) is 4.90 Å². The molecule has 1 aliphatic rings. The van der Waals surface area contributed by atoms with E-state index in [1.165, 1.54) is 22.2 Å². The Morgan fingerprint density at radius 3 is 2.18 bits per heavy atom. The Morgan fingerprint density at radius 1 is 0.516 bits per heavy atom. The minimum absolute atomic E-state index is 0.826. The summed E-state index contributed by atoms with van der Waals surface area (Å²) < 4.78 is 15.6. The maximum atomic E-state index is 6.75. The first-order chi connectivity index (χ1) is 30.8. The Hall–Kier alpha value is -8.26. The van der Waals surface area contributed by atoms with Gasteiger partial charge in [-0.2, -0.15) is 0 Å². The first-order valence-corrected chi connectivity index (χ1v) is 21.2. The molecule has 0 aliphatic heterocycles. The number of allylic oxidation sites excluding steroid dienone is 1. The predicted octanol–water partition coefficient (Wildman–Crippen LogP) is 15.9. The van der Waals surface area contributed by atoms with Gasteiger partial charge in [-0.25, -0.2) is 0 Å². The highest BCUT2D eigenvalue weighted by atomic mass is 16.3. The van der Waals surface area contributed by atoms with Crippen LogP contribution in [-0.4, -0.2) is 4.57 Å². The van der Waals surface area contributed by atoms with Gasteiger partial charge in [0.1, 0.15) is 22.3 Å². The second-order valence-corrected chi connectivity index (χ2v) is 16.1. The van der Waals surface area contributed by atoms with Crippen LogP contribution in [0.3, 0.4) is 0 Å². The number of aromatic nitrogens is 1. The molecule has 290 valence electrons. The molecule has 0 bridgehead atoms. The van der Waals surface area contributed by atoms with E-state index in [2.05, 4.69) is 204 Å². The summed E-state index contributed by atoms with van der Waals surface area (Å²) in [5.41, 5.74) is 15.5. The number of rotatable bonds is 6. The molecule has 0 fully saturated rings. The number of hydrogen-bond acceptors (Lipinski definition) is 3. The number of benzene rings is 8. The predicted molar refractivity (Wildman–Crippen MR) is 256 cm³/mol. The first-order valence-electron chi connectivity index (χ1n) is 21.2. The van der Waals surface area contributed by atoms with E-state index in [0.717, 1.165) is 112 Å². The van der Waals surface area contributed by atoms with Gasteiger partial charge < -0.3 is 18.3 Å². The minimum Gasteiger partial charge on any atom is -0.456 e. The molecule has 62 heavy (non-hydrogen) atoms. The highest BCUT2D eigenvalue weighted by Gasteiger charge is 2.24. The number of hydrogen-bond donors (Lipinski definition) is 0. The zero-order valence-corrected chi connectivity index (χ0v) is 33.6. The number of fused-ring (bicyclic) bond motifs is 11. The Morgan fingerprint density at radius 2 is 1.26 bits per heavy atom. The van der Waals surface area contributed by atoms with Gasteiger partial charge in [-0.1, -0.05) is 133 Å².